The van der Waals surface area contributed by atoms with Gasteiger partial charge in [0.25, 0.3) is 0 Å². The minimum atomic E-state index is -0.124. The predicted octanol–water partition coefficient (Wildman–Crippen LogP) is 4.82. The highest BCUT2D eigenvalue weighted by atomic mass is 35.5. The van der Waals surface area contributed by atoms with Gasteiger partial charge in [-0.2, -0.15) is 0 Å². The molecule has 132 valence electrons. The molecular weight excluding hydrogens is 375 g/mol. The number of benzene rings is 2. The molecule has 1 heterocycles. The van der Waals surface area contributed by atoms with Crippen molar-refractivity contribution >= 4 is 46.6 Å². The number of amides is 1. The van der Waals surface area contributed by atoms with E-state index in [0.29, 0.717) is 5.02 Å². The summed E-state index contributed by atoms with van der Waals surface area (Å²) in [6.45, 7) is 5.10. The van der Waals surface area contributed by atoms with E-state index >= 15 is 0 Å². The number of nitrogens with zero attached hydrogens (tertiary/aromatic N) is 2. The van der Waals surface area contributed by atoms with E-state index in [1.807, 2.05) is 60.4 Å². The number of halogens is 2. The van der Waals surface area contributed by atoms with Crippen molar-refractivity contribution in [2.75, 3.05) is 31.1 Å². The zero-order chi connectivity index (χ0) is 17.8. The number of carbonyl (C=O) groups is 1. The van der Waals surface area contributed by atoms with Gasteiger partial charge in [0.15, 0.2) is 0 Å². The summed E-state index contributed by atoms with van der Waals surface area (Å²) in [6, 6.07) is 15.5. The summed E-state index contributed by atoms with van der Waals surface area (Å²) >= 11 is 13.5. The van der Waals surface area contributed by atoms with E-state index < -0.39 is 0 Å². The van der Waals surface area contributed by atoms with Crippen molar-refractivity contribution in [3.63, 3.8) is 0 Å². The third-order valence-electron chi connectivity index (χ3n) is 4.24. The molecule has 0 bridgehead atoms. The second-order valence-corrected chi connectivity index (χ2v) is 8.29. The third kappa shape index (κ3) is 4.84. The standard InChI is InChI=1S/C19H20Cl2N2OS/c1-14(25-18-4-2-3-16(21)13-18)19(24)23-11-9-22(10-12-23)17-7-5-15(20)6-8-17/h2-8,13-14H,9-12H2,1H3. The number of rotatable bonds is 4. The summed E-state index contributed by atoms with van der Waals surface area (Å²) < 4.78 is 0. The Balaban J connectivity index is 1.54. The number of piperazine rings is 1. The first-order chi connectivity index (χ1) is 12.0. The van der Waals surface area contributed by atoms with E-state index in [9.17, 15) is 4.79 Å². The monoisotopic (exact) mass is 394 g/mol. The summed E-state index contributed by atoms with van der Waals surface area (Å²) in [6.07, 6.45) is 0. The van der Waals surface area contributed by atoms with Crippen molar-refractivity contribution in [2.24, 2.45) is 0 Å². The Labute approximate surface area is 162 Å². The first kappa shape index (κ1) is 18.4. The summed E-state index contributed by atoms with van der Waals surface area (Å²) in [7, 11) is 0. The second-order valence-electron chi connectivity index (χ2n) is 6.01. The van der Waals surface area contributed by atoms with Gasteiger partial charge in [-0.15, -0.1) is 11.8 Å². The Morgan fingerprint density at radius 1 is 1.00 bits per heavy atom. The summed E-state index contributed by atoms with van der Waals surface area (Å²) in [5.74, 6) is 0.181. The molecule has 2 aromatic rings. The van der Waals surface area contributed by atoms with Gasteiger partial charge in [-0.25, -0.2) is 0 Å². The van der Waals surface area contributed by atoms with E-state index in [4.69, 9.17) is 23.2 Å². The lowest BCUT2D eigenvalue weighted by Gasteiger charge is -2.37. The van der Waals surface area contributed by atoms with Gasteiger partial charge in [0.1, 0.15) is 0 Å². The molecule has 0 aliphatic carbocycles. The maximum Gasteiger partial charge on any atom is 0.235 e. The van der Waals surface area contributed by atoms with Crippen molar-refractivity contribution in [2.45, 2.75) is 17.1 Å². The van der Waals surface area contributed by atoms with Crippen LogP contribution in [0.5, 0.6) is 0 Å². The molecule has 0 radical (unpaired) electrons. The van der Waals surface area contributed by atoms with Gasteiger partial charge in [0.05, 0.1) is 5.25 Å². The van der Waals surface area contributed by atoms with E-state index in [1.165, 1.54) is 0 Å². The van der Waals surface area contributed by atoms with Crippen LogP contribution in [-0.2, 0) is 4.79 Å². The van der Waals surface area contributed by atoms with Crippen LogP contribution in [0, 0.1) is 0 Å². The lowest BCUT2D eigenvalue weighted by molar-refractivity contribution is -0.130. The molecule has 1 aliphatic rings. The highest BCUT2D eigenvalue weighted by Crippen LogP contribution is 2.27. The van der Waals surface area contributed by atoms with Crippen LogP contribution in [0.4, 0.5) is 5.69 Å². The molecule has 25 heavy (non-hydrogen) atoms. The fourth-order valence-electron chi connectivity index (χ4n) is 2.89. The van der Waals surface area contributed by atoms with Crippen LogP contribution in [0.1, 0.15) is 6.92 Å². The van der Waals surface area contributed by atoms with E-state index in [1.54, 1.807) is 11.8 Å². The molecule has 0 aromatic heterocycles. The fourth-order valence-corrected chi connectivity index (χ4v) is 4.28. The molecule has 1 atom stereocenters. The Bertz CT molecular complexity index is 730. The molecule has 6 heteroatoms. The second kappa shape index (κ2) is 8.35. The first-order valence-electron chi connectivity index (χ1n) is 8.24. The Hall–Kier alpha value is -1.36. The largest absolute Gasteiger partial charge is 0.368 e. The van der Waals surface area contributed by atoms with Crippen LogP contribution in [0.15, 0.2) is 53.4 Å². The minimum absolute atomic E-state index is 0.124. The Morgan fingerprint density at radius 3 is 2.32 bits per heavy atom. The number of hydrogen-bond donors (Lipinski definition) is 0. The number of thioether (sulfide) groups is 1. The van der Waals surface area contributed by atoms with Crippen LogP contribution >= 0.6 is 35.0 Å². The average Bonchev–Trinajstić information content (AvgIpc) is 2.62. The normalized spacial score (nSPS) is 16.0. The molecule has 1 fully saturated rings. The average molecular weight is 395 g/mol. The minimum Gasteiger partial charge on any atom is -0.368 e. The molecule has 3 nitrogen and oxygen atoms in total. The van der Waals surface area contributed by atoms with Gasteiger partial charge < -0.3 is 9.80 Å². The molecule has 0 spiro atoms. The van der Waals surface area contributed by atoms with Crippen LogP contribution in [0.3, 0.4) is 0 Å². The van der Waals surface area contributed by atoms with Crippen molar-refractivity contribution in [1.29, 1.82) is 0 Å². The molecule has 2 aromatic carbocycles. The topological polar surface area (TPSA) is 23.6 Å². The molecule has 1 unspecified atom stereocenters. The molecule has 1 aliphatic heterocycles. The highest BCUT2D eigenvalue weighted by molar-refractivity contribution is 8.00. The van der Waals surface area contributed by atoms with Crippen LogP contribution < -0.4 is 4.90 Å². The van der Waals surface area contributed by atoms with Crippen molar-refractivity contribution in [3.05, 3.63) is 58.6 Å². The van der Waals surface area contributed by atoms with Crippen LogP contribution in [0.25, 0.3) is 0 Å². The molecular formula is C19H20Cl2N2OS. The van der Waals surface area contributed by atoms with Gasteiger partial charge in [-0.1, -0.05) is 29.3 Å². The molecule has 0 N–H and O–H groups in total. The van der Waals surface area contributed by atoms with Gasteiger partial charge in [0, 0.05) is 46.8 Å². The zero-order valence-corrected chi connectivity index (χ0v) is 16.3. The smallest absolute Gasteiger partial charge is 0.235 e. The van der Waals surface area contributed by atoms with Crippen molar-refractivity contribution in [1.82, 2.24) is 4.90 Å². The van der Waals surface area contributed by atoms with Gasteiger partial charge >= 0.3 is 0 Å². The van der Waals surface area contributed by atoms with E-state index in [2.05, 4.69) is 4.90 Å². The summed E-state index contributed by atoms with van der Waals surface area (Å²) in [5.41, 5.74) is 1.15. The fraction of sp³-hybridized carbons (Fsp3) is 0.316. The Morgan fingerprint density at radius 2 is 1.68 bits per heavy atom. The first-order valence-corrected chi connectivity index (χ1v) is 9.88. The van der Waals surface area contributed by atoms with Gasteiger partial charge in [-0.3, -0.25) is 4.79 Å². The maximum atomic E-state index is 12.7. The highest BCUT2D eigenvalue weighted by Gasteiger charge is 2.25. The third-order valence-corrected chi connectivity index (χ3v) is 5.81. The van der Waals surface area contributed by atoms with Crippen molar-refractivity contribution in [3.8, 4) is 0 Å². The summed E-state index contributed by atoms with van der Waals surface area (Å²) in [5, 5.41) is 1.31. The van der Waals surface area contributed by atoms with Gasteiger partial charge in [0.2, 0.25) is 5.91 Å². The lowest BCUT2D eigenvalue weighted by Crippen LogP contribution is -2.50. The molecule has 1 amide bonds. The molecule has 1 saturated heterocycles. The quantitative estimate of drug-likeness (QED) is 0.694. The van der Waals surface area contributed by atoms with Crippen LogP contribution in [0.2, 0.25) is 10.0 Å². The van der Waals surface area contributed by atoms with E-state index in [0.717, 1.165) is 41.8 Å². The predicted molar refractivity (Wildman–Crippen MR) is 107 cm³/mol. The van der Waals surface area contributed by atoms with Crippen molar-refractivity contribution < 1.29 is 4.79 Å². The van der Waals surface area contributed by atoms with Crippen LogP contribution in [-0.4, -0.2) is 42.2 Å². The molecule has 0 saturated carbocycles. The van der Waals surface area contributed by atoms with Gasteiger partial charge in [-0.05, 0) is 49.4 Å². The number of hydrogen-bond acceptors (Lipinski definition) is 3. The zero-order valence-electron chi connectivity index (χ0n) is 14.0. The summed E-state index contributed by atoms with van der Waals surface area (Å²) in [4.78, 5) is 18.0. The number of anilines is 1. The van der Waals surface area contributed by atoms with E-state index in [-0.39, 0.29) is 11.2 Å². The number of carbonyl (C=O) groups excluding carboxylic acids is 1. The maximum absolute atomic E-state index is 12.7. The lowest BCUT2D eigenvalue weighted by atomic mass is 10.2. The molecule has 3 rings (SSSR count). The Kier molecular flexibility index (Phi) is 6.15. The SMILES string of the molecule is CC(Sc1cccc(Cl)c1)C(=O)N1CCN(c2ccc(Cl)cc2)CC1.